The van der Waals surface area contributed by atoms with Gasteiger partial charge in [-0.2, -0.15) is 0 Å². The van der Waals surface area contributed by atoms with Gasteiger partial charge >= 0.3 is 0 Å². The number of rotatable bonds is 2. The van der Waals surface area contributed by atoms with E-state index in [1.807, 2.05) is 6.07 Å². The highest BCUT2D eigenvalue weighted by atomic mass is 15.1. The number of nitrogens with one attached hydrogen (secondary N) is 1. The van der Waals surface area contributed by atoms with E-state index in [1.165, 1.54) is 21.5 Å². The fraction of sp³-hybridized carbons (Fsp3) is 0. The number of hydrogen-bond donors (Lipinski definition) is 1. The number of para-hydroxylation sites is 2. The predicted octanol–water partition coefficient (Wildman–Crippen LogP) is 7.48. The first-order valence-corrected chi connectivity index (χ1v) is 10.8. The van der Waals surface area contributed by atoms with Crippen molar-refractivity contribution in [2.75, 3.05) is 0 Å². The summed E-state index contributed by atoms with van der Waals surface area (Å²) in [6.07, 6.45) is 0. The molecule has 0 fully saturated rings. The molecule has 0 aliphatic rings. The predicted molar refractivity (Wildman–Crippen MR) is 133 cm³/mol. The largest absolute Gasteiger partial charge is 0.354 e. The minimum Gasteiger partial charge on any atom is -0.354 e. The van der Waals surface area contributed by atoms with E-state index in [4.69, 9.17) is 4.98 Å². The molecule has 3 heteroatoms. The molecule has 150 valence electrons. The van der Waals surface area contributed by atoms with E-state index in [9.17, 15) is 0 Å². The molecule has 3 nitrogen and oxygen atoms in total. The van der Waals surface area contributed by atoms with Crippen LogP contribution in [0.1, 0.15) is 0 Å². The maximum atomic E-state index is 5.09. The topological polar surface area (TPSA) is 33.6 Å². The Hall–Kier alpha value is -4.37. The smallest absolute Gasteiger partial charge is 0.145 e. The Labute approximate surface area is 184 Å². The molecule has 0 amide bonds. The molecule has 0 aliphatic heterocycles. The molecule has 7 rings (SSSR count). The fourth-order valence-corrected chi connectivity index (χ4v) is 4.86. The van der Waals surface area contributed by atoms with Crippen molar-refractivity contribution in [3.8, 4) is 17.1 Å². The molecule has 0 aliphatic carbocycles. The summed E-state index contributed by atoms with van der Waals surface area (Å²) >= 11 is 0. The zero-order valence-electron chi connectivity index (χ0n) is 17.3. The molecule has 0 saturated heterocycles. The van der Waals surface area contributed by atoms with Gasteiger partial charge in [0.15, 0.2) is 0 Å². The lowest BCUT2D eigenvalue weighted by Crippen LogP contribution is -1.97. The number of hydrogen-bond acceptors (Lipinski definition) is 1. The molecule has 0 unspecified atom stereocenters. The third-order valence-corrected chi connectivity index (χ3v) is 6.31. The molecule has 0 spiro atoms. The van der Waals surface area contributed by atoms with Crippen LogP contribution < -0.4 is 0 Å². The zero-order valence-corrected chi connectivity index (χ0v) is 17.3. The molecule has 0 saturated carbocycles. The number of H-pyrrole nitrogens is 1. The molecule has 0 radical (unpaired) electrons. The van der Waals surface area contributed by atoms with Crippen LogP contribution >= 0.6 is 0 Å². The first kappa shape index (κ1) is 17.3. The molecule has 0 atom stereocenters. The number of benzene rings is 5. The minimum atomic E-state index is 0.956. The van der Waals surface area contributed by atoms with E-state index in [-0.39, 0.29) is 0 Å². The summed E-state index contributed by atoms with van der Waals surface area (Å²) in [5, 5.41) is 4.96. The normalized spacial score (nSPS) is 11.8. The van der Waals surface area contributed by atoms with Gasteiger partial charge in [-0.1, -0.05) is 72.8 Å². The summed E-state index contributed by atoms with van der Waals surface area (Å²) in [5.41, 5.74) is 6.65. The van der Waals surface area contributed by atoms with Crippen LogP contribution in [-0.2, 0) is 0 Å². The Morgan fingerprint density at radius 1 is 0.625 bits per heavy atom. The highest BCUT2D eigenvalue weighted by Gasteiger charge is 2.16. The van der Waals surface area contributed by atoms with E-state index >= 15 is 0 Å². The molecule has 0 bridgehead atoms. The second-order valence-corrected chi connectivity index (χ2v) is 8.19. The van der Waals surface area contributed by atoms with Gasteiger partial charge < -0.3 is 4.98 Å². The molecule has 2 aromatic heterocycles. The molecule has 32 heavy (non-hydrogen) atoms. The molecular formula is C29H19N3. The van der Waals surface area contributed by atoms with E-state index in [1.54, 1.807) is 0 Å². The number of fused-ring (bicyclic) bond motifs is 6. The van der Waals surface area contributed by atoms with Crippen LogP contribution in [0, 0.1) is 0 Å². The van der Waals surface area contributed by atoms with Crippen molar-refractivity contribution in [1.29, 1.82) is 0 Å². The van der Waals surface area contributed by atoms with Crippen molar-refractivity contribution in [3.05, 3.63) is 109 Å². The van der Waals surface area contributed by atoms with Gasteiger partial charge in [0, 0.05) is 33.1 Å². The van der Waals surface area contributed by atoms with Crippen LogP contribution in [0.15, 0.2) is 109 Å². The molecule has 5 aromatic carbocycles. The maximum absolute atomic E-state index is 5.09. The van der Waals surface area contributed by atoms with Crippen molar-refractivity contribution in [1.82, 2.24) is 14.5 Å². The Morgan fingerprint density at radius 3 is 2.22 bits per heavy atom. The van der Waals surface area contributed by atoms with Gasteiger partial charge in [0.25, 0.3) is 0 Å². The number of aromatic nitrogens is 3. The van der Waals surface area contributed by atoms with Crippen molar-refractivity contribution in [2.24, 2.45) is 0 Å². The molecule has 1 N–H and O–H groups in total. The lowest BCUT2D eigenvalue weighted by atomic mass is 10.0. The van der Waals surface area contributed by atoms with Crippen LogP contribution in [-0.4, -0.2) is 14.5 Å². The zero-order chi connectivity index (χ0) is 21.1. The van der Waals surface area contributed by atoms with Crippen molar-refractivity contribution < 1.29 is 0 Å². The fourth-order valence-electron chi connectivity index (χ4n) is 4.86. The van der Waals surface area contributed by atoms with Crippen LogP contribution in [0.25, 0.3) is 60.7 Å². The van der Waals surface area contributed by atoms with Crippen LogP contribution in [0.2, 0.25) is 0 Å². The average molecular weight is 409 g/mol. The molecular weight excluding hydrogens is 390 g/mol. The lowest BCUT2D eigenvalue weighted by Gasteiger charge is -2.10. The lowest BCUT2D eigenvalue weighted by molar-refractivity contribution is 1.10. The van der Waals surface area contributed by atoms with E-state index < -0.39 is 0 Å². The standard InChI is InChI=1S/C29H19N3/c1-3-9-19(10-4-1)29-31-26-17-20-15-16-25-28(22-13-7-8-14-24(22)30-25)23(20)18-27(26)32(29)21-11-5-2-6-12-21/h1-18,30H. The van der Waals surface area contributed by atoms with Gasteiger partial charge in [-0.05, 0) is 47.2 Å². The van der Waals surface area contributed by atoms with Gasteiger partial charge in [-0.25, -0.2) is 4.98 Å². The SMILES string of the molecule is c1ccc(-c2nc3cc4ccc5[nH]c6ccccc6c5c4cc3n2-c2ccccc2)cc1. The minimum absolute atomic E-state index is 0.956. The van der Waals surface area contributed by atoms with Crippen LogP contribution in [0.3, 0.4) is 0 Å². The van der Waals surface area contributed by atoms with Crippen LogP contribution in [0.4, 0.5) is 0 Å². The van der Waals surface area contributed by atoms with E-state index in [2.05, 4.69) is 113 Å². The van der Waals surface area contributed by atoms with Crippen molar-refractivity contribution >= 4 is 43.6 Å². The summed E-state index contributed by atoms with van der Waals surface area (Å²) < 4.78 is 2.28. The highest BCUT2D eigenvalue weighted by Crippen LogP contribution is 2.36. The summed E-state index contributed by atoms with van der Waals surface area (Å²) in [6.45, 7) is 0. The number of nitrogens with zero attached hydrogens (tertiary/aromatic N) is 2. The quantitative estimate of drug-likeness (QED) is 0.315. The van der Waals surface area contributed by atoms with Crippen LogP contribution in [0.5, 0.6) is 0 Å². The monoisotopic (exact) mass is 409 g/mol. The van der Waals surface area contributed by atoms with Crippen molar-refractivity contribution in [2.45, 2.75) is 0 Å². The Kier molecular flexibility index (Phi) is 3.55. The maximum Gasteiger partial charge on any atom is 0.145 e. The summed E-state index contributed by atoms with van der Waals surface area (Å²) in [6, 6.07) is 38.3. The first-order chi connectivity index (χ1) is 15.9. The number of aromatic amines is 1. The Balaban J connectivity index is 1.65. The van der Waals surface area contributed by atoms with Crippen molar-refractivity contribution in [3.63, 3.8) is 0 Å². The highest BCUT2D eigenvalue weighted by molar-refractivity contribution is 6.21. The molecule has 2 heterocycles. The summed E-state index contributed by atoms with van der Waals surface area (Å²) in [4.78, 5) is 8.67. The second kappa shape index (κ2) is 6.56. The van der Waals surface area contributed by atoms with E-state index in [0.29, 0.717) is 0 Å². The molecule has 7 aromatic rings. The van der Waals surface area contributed by atoms with Gasteiger partial charge in [0.05, 0.1) is 11.0 Å². The van der Waals surface area contributed by atoms with Gasteiger partial charge in [0.1, 0.15) is 5.82 Å². The number of imidazole rings is 1. The third kappa shape index (κ3) is 2.45. The Morgan fingerprint density at radius 2 is 1.38 bits per heavy atom. The van der Waals surface area contributed by atoms with Gasteiger partial charge in [0.2, 0.25) is 0 Å². The Bertz CT molecular complexity index is 1760. The summed E-state index contributed by atoms with van der Waals surface area (Å²) in [7, 11) is 0. The van der Waals surface area contributed by atoms with Gasteiger partial charge in [-0.15, -0.1) is 0 Å². The third-order valence-electron chi connectivity index (χ3n) is 6.31. The first-order valence-electron chi connectivity index (χ1n) is 10.8. The second-order valence-electron chi connectivity index (χ2n) is 8.19. The van der Waals surface area contributed by atoms with E-state index in [0.717, 1.165) is 39.1 Å². The summed E-state index contributed by atoms with van der Waals surface area (Å²) in [5.74, 6) is 0.956. The average Bonchev–Trinajstić information content (AvgIpc) is 3.42. The van der Waals surface area contributed by atoms with Gasteiger partial charge in [-0.3, -0.25) is 4.57 Å².